The number of nitrogens with zero attached hydrogens (tertiary/aromatic N) is 1. The van der Waals surface area contributed by atoms with E-state index in [-0.39, 0.29) is 35.5 Å². The van der Waals surface area contributed by atoms with Crippen LogP contribution in [0.25, 0.3) is 0 Å². The van der Waals surface area contributed by atoms with Gasteiger partial charge in [-0.1, -0.05) is 0 Å². The maximum absolute atomic E-state index is 11.4. The van der Waals surface area contributed by atoms with Gasteiger partial charge in [-0.25, -0.2) is 4.79 Å². The van der Waals surface area contributed by atoms with Gasteiger partial charge in [0.15, 0.2) is 0 Å². The number of nitrogens with one attached hydrogen (secondary N) is 1. The molecule has 1 atom stereocenters. The van der Waals surface area contributed by atoms with Gasteiger partial charge in [-0.05, 0) is 18.6 Å². The number of rotatable bonds is 2. The molecule has 15 heavy (non-hydrogen) atoms. The molecule has 0 spiro atoms. The van der Waals surface area contributed by atoms with Crippen molar-refractivity contribution in [3.63, 3.8) is 0 Å². The summed E-state index contributed by atoms with van der Waals surface area (Å²) >= 11 is 0. The van der Waals surface area contributed by atoms with E-state index < -0.39 is 12.0 Å². The Hall–Kier alpha value is -0.780. The number of carbonyl (C=O) groups excluding carboxylic acids is 2. The second-order valence-electron chi connectivity index (χ2n) is 3.11. The van der Waals surface area contributed by atoms with Crippen molar-refractivity contribution < 1.29 is 14.4 Å². The van der Waals surface area contributed by atoms with Crippen LogP contribution in [0, 0.1) is 0 Å². The summed E-state index contributed by atoms with van der Waals surface area (Å²) in [5.41, 5.74) is 0. The maximum atomic E-state index is 11.4. The van der Waals surface area contributed by atoms with E-state index in [9.17, 15) is 9.59 Å². The molecule has 2 heterocycles. The number of hydrogen-bond donors (Lipinski definition) is 1. The molecule has 1 saturated heterocycles. The van der Waals surface area contributed by atoms with Crippen molar-refractivity contribution in [1.29, 1.82) is 0 Å². The summed E-state index contributed by atoms with van der Waals surface area (Å²) in [5, 5.41) is 2.54. The molecule has 1 aromatic heterocycles. The van der Waals surface area contributed by atoms with E-state index in [2.05, 4.69) is 5.32 Å². The van der Waals surface area contributed by atoms with Crippen LogP contribution in [0.15, 0.2) is 24.5 Å². The average Bonchev–Trinajstić information content (AvgIpc) is 2.75. The molecule has 0 saturated carbocycles. The Bertz CT molecular complexity index is 350. The van der Waals surface area contributed by atoms with Crippen LogP contribution >= 0.6 is 0 Å². The summed E-state index contributed by atoms with van der Waals surface area (Å²) in [6.45, 7) is 0. The summed E-state index contributed by atoms with van der Waals surface area (Å²) in [6.07, 6.45) is 4.15. The van der Waals surface area contributed by atoms with Gasteiger partial charge < -0.3 is 10.2 Å². The first-order valence-corrected chi connectivity index (χ1v) is 4.40. The molecule has 1 fully saturated rings. The summed E-state index contributed by atoms with van der Waals surface area (Å²) in [5.74, 6) is -0.522. The number of amides is 1. The van der Waals surface area contributed by atoms with Crippen molar-refractivity contribution in [3.8, 4) is 0 Å². The molecule has 1 aromatic rings. The molecule has 6 heteroatoms. The Morgan fingerprint density at radius 3 is 2.67 bits per heavy atom. The molecule has 1 N–H and O–H groups in total. The number of hydrogen-bond acceptors (Lipinski definition) is 3. The Labute approximate surface area is 109 Å². The summed E-state index contributed by atoms with van der Waals surface area (Å²) in [7, 11) is 0. The number of carbonyl (C=O) groups is 2. The molecule has 1 unspecified atom stereocenters. The average molecular weight is 218 g/mol. The van der Waals surface area contributed by atoms with E-state index in [4.69, 9.17) is 4.84 Å². The van der Waals surface area contributed by atoms with Crippen molar-refractivity contribution in [1.82, 2.24) is 10.0 Å². The Kier molecular flexibility index (Phi) is 4.38. The van der Waals surface area contributed by atoms with Gasteiger partial charge in [-0.3, -0.25) is 4.79 Å². The molecule has 1 amide bonds. The van der Waals surface area contributed by atoms with Gasteiger partial charge in [-0.2, -0.15) is 4.73 Å². The van der Waals surface area contributed by atoms with Crippen molar-refractivity contribution in [2.75, 3.05) is 0 Å². The zero-order valence-electron chi connectivity index (χ0n) is 7.47. The van der Waals surface area contributed by atoms with Crippen molar-refractivity contribution in [2.45, 2.75) is 18.9 Å². The molecule has 1 aliphatic heterocycles. The minimum atomic E-state index is -0.495. The third kappa shape index (κ3) is 3.09. The van der Waals surface area contributed by atoms with Crippen LogP contribution in [0.4, 0.5) is 0 Å². The number of aromatic nitrogens is 1. The van der Waals surface area contributed by atoms with Gasteiger partial charge >= 0.3 is 35.5 Å². The fourth-order valence-corrected chi connectivity index (χ4v) is 1.34. The van der Waals surface area contributed by atoms with Crippen molar-refractivity contribution in [3.05, 3.63) is 24.5 Å². The molecule has 0 bridgehead atoms. The first kappa shape index (κ1) is 12.3. The van der Waals surface area contributed by atoms with Crippen LogP contribution in [-0.2, 0) is 9.59 Å². The first-order chi connectivity index (χ1) is 6.75. The third-order valence-electron chi connectivity index (χ3n) is 2.05. The van der Waals surface area contributed by atoms with Gasteiger partial charge in [0.25, 0.3) is 0 Å². The van der Waals surface area contributed by atoms with Crippen LogP contribution in [0.3, 0.4) is 0 Å². The van der Waals surface area contributed by atoms with Crippen LogP contribution in [0.2, 0.25) is 0 Å². The van der Waals surface area contributed by atoms with E-state index in [1.54, 1.807) is 24.5 Å². The van der Waals surface area contributed by atoms with Gasteiger partial charge in [0, 0.05) is 18.8 Å². The van der Waals surface area contributed by atoms with E-state index in [1.165, 1.54) is 4.73 Å². The molecule has 0 radical (unpaired) electrons. The fraction of sp³-hybridized carbons (Fsp3) is 0.333. The Balaban J connectivity index is 0.00000112. The van der Waals surface area contributed by atoms with E-state index in [1.807, 2.05) is 0 Å². The minimum absolute atomic E-state index is 0. The summed E-state index contributed by atoms with van der Waals surface area (Å²) < 4.78 is 1.31. The normalized spacial score (nSPS) is 19.2. The topological polar surface area (TPSA) is 60.3 Å². The predicted octanol–water partition coefficient (Wildman–Crippen LogP) is -0.927. The monoisotopic (exact) mass is 218 g/mol. The molecule has 1 aliphatic rings. The summed E-state index contributed by atoms with van der Waals surface area (Å²) in [4.78, 5) is 27.2. The van der Waals surface area contributed by atoms with Gasteiger partial charge in [0.1, 0.15) is 6.04 Å². The second-order valence-corrected chi connectivity index (χ2v) is 3.11. The first-order valence-electron chi connectivity index (χ1n) is 4.40. The van der Waals surface area contributed by atoms with E-state index in [0.717, 1.165) is 0 Å². The molecular weight excluding hydrogens is 207 g/mol. The van der Waals surface area contributed by atoms with E-state index >= 15 is 0 Å². The molecule has 0 aromatic carbocycles. The van der Waals surface area contributed by atoms with Crippen LogP contribution in [-0.4, -0.2) is 52.2 Å². The Morgan fingerprint density at radius 2 is 2.13 bits per heavy atom. The van der Waals surface area contributed by atoms with Gasteiger partial charge in [0.2, 0.25) is 5.91 Å². The predicted molar refractivity (Wildman–Crippen MR) is 54.3 cm³/mol. The summed E-state index contributed by atoms with van der Waals surface area (Å²) in [6, 6.07) is 3.01. The van der Waals surface area contributed by atoms with Crippen molar-refractivity contribution in [2.24, 2.45) is 0 Å². The molecular formula is C9H11N2NaO3. The Morgan fingerprint density at radius 1 is 1.47 bits per heavy atom. The molecule has 5 nitrogen and oxygen atoms in total. The third-order valence-corrected chi connectivity index (χ3v) is 2.05. The molecule has 0 aliphatic carbocycles. The SMILES string of the molecule is O=C1CCC(C(=O)On2cccc2)N1.[NaH]. The zero-order chi connectivity index (χ0) is 9.97. The fourth-order valence-electron chi connectivity index (χ4n) is 1.34. The van der Waals surface area contributed by atoms with Crippen LogP contribution in [0.5, 0.6) is 0 Å². The van der Waals surface area contributed by atoms with Crippen LogP contribution in [0.1, 0.15) is 12.8 Å². The molecule has 76 valence electrons. The zero-order valence-corrected chi connectivity index (χ0v) is 7.47. The van der Waals surface area contributed by atoms with Crippen molar-refractivity contribution >= 4 is 41.4 Å². The van der Waals surface area contributed by atoms with Gasteiger partial charge in [0.05, 0.1) is 0 Å². The standard InChI is InChI=1S/C9H10N2O3.Na.H/c12-8-4-3-7(10-8)9(13)14-11-5-1-2-6-11;;/h1-2,5-7H,3-4H2,(H,10,12);;. The second kappa shape index (κ2) is 5.34. The van der Waals surface area contributed by atoms with Gasteiger partial charge in [-0.15, -0.1) is 0 Å². The van der Waals surface area contributed by atoms with Crippen LogP contribution < -0.4 is 10.2 Å². The molecule has 2 rings (SSSR count). The van der Waals surface area contributed by atoms with E-state index in [0.29, 0.717) is 12.8 Å². The quantitative estimate of drug-likeness (QED) is 0.653.